The number of aliphatic hydroxyl groups excluding tert-OH is 1. The number of hydrogen-bond donors (Lipinski definition) is 1. The fraction of sp³-hybridized carbons (Fsp3) is 0.750. The number of fused-ring (bicyclic) bond motifs is 7. The Hall–Kier alpha value is -2.26. The maximum Gasteiger partial charge on any atom is 0.312 e. The van der Waals surface area contributed by atoms with Crippen molar-refractivity contribution in [2.24, 2.45) is 50.2 Å². The summed E-state index contributed by atoms with van der Waals surface area (Å²) in [5.74, 6) is -1.00. The van der Waals surface area contributed by atoms with Gasteiger partial charge in [0.25, 0.3) is 0 Å². The minimum Gasteiger partial charge on any atom is -0.469 e. The zero-order chi connectivity index (χ0) is 28.1. The largest absolute Gasteiger partial charge is 0.469 e. The molecule has 206 valence electrons. The molecule has 0 heterocycles. The number of rotatable bonds is 2. The molecule has 0 aliphatic heterocycles. The van der Waals surface area contributed by atoms with Crippen molar-refractivity contribution in [3.8, 4) is 6.07 Å². The van der Waals surface area contributed by atoms with Gasteiger partial charge in [-0.3, -0.25) is 14.4 Å². The van der Waals surface area contributed by atoms with E-state index in [2.05, 4.69) is 40.7 Å². The molecule has 3 saturated carbocycles. The second-order valence-electron chi connectivity index (χ2n) is 14.8. The van der Waals surface area contributed by atoms with Crippen LogP contribution in [0, 0.1) is 61.6 Å². The molecule has 0 aromatic heterocycles. The van der Waals surface area contributed by atoms with Gasteiger partial charge in [-0.1, -0.05) is 46.3 Å². The number of ether oxygens (including phenoxy) is 1. The van der Waals surface area contributed by atoms with Crippen molar-refractivity contribution in [3.63, 3.8) is 0 Å². The third kappa shape index (κ3) is 3.12. The molecule has 2 unspecified atom stereocenters. The lowest BCUT2D eigenvalue weighted by atomic mass is 9.34. The minimum atomic E-state index is -1.07. The summed E-state index contributed by atoms with van der Waals surface area (Å²) in [6.07, 6.45) is 9.07. The van der Waals surface area contributed by atoms with Crippen molar-refractivity contribution in [3.05, 3.63) is 23.3 Å². The molecular formula is C32H43NO5. The Morgan fingerprint density at radius 2 is 1.74 bits per heavy atom. The van der Waals surface area contributed by atoms with Gasteiger partial charge in [0.2, 0.25) is 0 Å². The molecule has 5 rings (SSSR count). The first-order chi connectivity index (χ1) is 17.6. The number of Topliss-reactive ketones (excluding diaryl/α,β-unsaturated/α-hetero) is 1. The van der Waals surface area contributed by atoms with Crippen LogP contribution in [0.1, 0.15) is 86.5 Å². The van der Waals surface area contributed by atoms with Crippen LogP contribution in [0.3, 0.4) is 0 Å². The molecule has 0 spiro atoms. The van der Waals surface area contributed by atoms with E-state index in [1.807, 2.05) is 6.08 Å². The van der Waals surface area contributed by atoms with Crippen LogP contribution in [-0.4, -0.2) is 36.4 Å². The van der Waals surface area contributed by atoms with Gasteiger partial charge in [-0.05, 0) is 86.0 Å². The van der Waals surface area contributed by atoms with E-state index in [1.165, 1.54) is 7.11 Å². The molecule has 6 nitrogen and oxygen atoms in total. The lowest BCUT2D eigenvalue weighted by molar-refractivity contribution is -0.191. The van der Waals surface area contributed by atoms with Gasteiger partial charge >= 0.3 is 5.97 Å². The summed E-state index contributed by atoms with van der Waals surface area (Å²) in [4.78, 5) is 41.0. The molecular weight excluding hydrogens is 478 g/mol. The average molecular weight is 522 g/mol. The number of nitriles is 1. The zero-order valence-electron chi connectivity index (χ0n) is 24.1. The molecule has 6 heteroatoms. The molecule has 0 amide bonds. The second kappa shape index (κ2) is 8.13. The molecule has 0 aromatic carbocycles. The van der Waals surface area contributed by atoms with Crippen molar-refractivity contribution in [2.45, 2.75) is 86.5 Å². The Morgan fingerprint density at radius 1 is 1.08 bits per heavy atom. The highest BCUT2D eigenvalue weighted by atomic mass is 16.5. The summed E-state index contributed by atoms with van der Waals surface area (Å²) in [6, 6.07) is 2.09. The van der Waals surface area contributed by atoms with Gasteiger partial charge in [0.1, 0.15) is 6.07 Å². The van der Waals surface area contributed by atoms with Crippen molar-refractivity contribution in [1.82, 2.24) is 0 Å². The molecule has 38 heavy (non-hydrogen) atoms. The molecule has 5 aliphatic carbocycles. The summed E-state index contributed by atoms with van der Waals surface area (Å²) in [5, 5.41) is 20.3. The Kier molecular flexibility index (Phi) is 5.84. The minimum absolute atomic E-state index is 0.0341. The quantitative estimate of drug-likeness (QED) is 0.491. The van der Waals surface area contributed by atoms with Crippen LogP contribution in [0.2, 0.25) is 0 Å². The standard InChI is InChI=1S/C32H43NO5/c1-27(2)10-12-32(26(37)38-7)13-11-31(6)24(20(32)16-27)21(35)14-23-28(3)15-19(17-33)25(36)29(4,18-34)22(28)8-9-30(23,31)5/h14-15,20,22,24,34H,8-13,16,18H2,1-7H3/t20?,22-,24?,28+,29+,30-,31-,32+/m1/s1. The van der Waals surface area contributed by atoms with Gasteiger partial charge in [0, 0.05) is 11.3 Å². The smallest absolute Gasteiger partial charge is 0.312 e. The first-order valence-corrected chi connectivity index (χ1v) is 14.2. The number of carbonyl (C=O) groups is 3. The maximum absolute atomic E-state index is 14.4. The number of methoxy groups -OCH3 is 1. The van der Waals surface area contributed by atoms with E-state index in [0.717, 1.165) is 44.1 Å². The van der Waals surface area contributed by atoms with Crippen molar-refractivity contribution >= 4 is 17.5 Å². The topological polar surface area (TPSA) is 104 Å². The maximum atomic E-state index is 14.4. The highest BCUT2D eigenvalue weighted by Gasteiger charge is 2.71. The number of allylic oxidation sites excluding steroid dienone is 4. The first-order valence-electron chi connectivity index (χ1n) is 14.2. The van der Waals surface area contributed by atoms with E-state index in [9.17, 15) is 24.8 Å². The van der Waals surface area contributed by atoms with E-state index in [0.29, 0.717) is 6.42 Å². The average Bonchev–Trinajstić information content (AvgIpc) is 2.86. The number of esters is 1. The Morgan fingerprint density at radius 3 is 2.34 bits per heavy atom. The summed E-state index contributed by atoms with van der Waals surface area (Å²) >= 11 is 0. The van der Waals surface area contributed by atoms with Crippen LogP contribution in [0.5, 0.6) is 0 Å². The Labute approximate surface area is 226 Å². The second-order valence-corrected chi connectivity index (χ2v) is 14.8. The number of ketones is 2. The normalized spacial score (nSPS) is 47.3. The lowest BCUT2D eigenvalue weighted by Crippen LogP contribution is -2.66. The van der Waals surface area contributed by atoms with Gasteiger partial charge in [0.15, 0.2) is 11.6 Å². The highest BCUT2D eigenvalue weighted by molar-refractivity contribution is 6.05. The van der Waals surface area contributed by atoms with Crippen molar-refractivity contribution in [2.75, 3.05) is 13.7 Å². The first kappa shape index (κ1) is 27.3. The van der Waals surface area contributed by atoms with Crippen LogP contribution < -0.4 is 0 Å². The highest BCUT2D eigenvalue weighted by Crippen LogP contribution is 2.74. The van der Waals surface area contributed by atoms with Gasteiger partial charge < -0.3 is 9.84 Å². The number of hydrogen-bond acceptors (Lipinski definition) is 6. The van der Waals surface area contributed by atoms with Crippen molar-refractivity contribution in [1.29, 1.82) is 5.26 Å². The summed E-state index contributed by atoms with van der Waals surface area (Å²) in [7, 11) is 1.47. The molecule has 5 aliphatic rings. The van der Waals surface area contributed by atoms with E-state index >= 15 is 0 Å². The lowest BCUT2D eigenvalue weighted by Gasteiger charge is -2.68. The summed E-state index contributed by atoms with van der Waals surface area (Å²) in [6.45, 7) is 12.5. The zero-order valence-corrected chi connectivity index (χ0v) is 24.1. The van der Waals surface area contributed by atoms with E-state index < -0.39 is 16.2 Å². The Balaban J connectivity index is 1.71. The third-order valence-electron chi connectivity index (χ3n) is 12.6. The predicted molar refractivity (Wildman–Crippen MR) is 142 cm³/mol. The third-order valence-corrected chi connectivity index (χ3v) is 12.6. The van der Waals surface area contributed by atoms with Crippen molar-refractivity contribution < 1.29 is 24.2 Å². The molecule has 0 radical (unpaired) electrons. The van der Waals surface area contributed by atoms with Crippen LogP contribution in [0.25, 0.3) is 0 Å². The molecule has 1 N–H and O–H groups in total. The fourth-order valence-corrected chi connectivity index (χ4v) is 10.2. The number of nitrogens with zero attached hydrogens (tertiary/aromatic N) is 1. The number of aliphatic hydroxyl groups is 1. The van der Waals surface area contributed by atoms with Crippen LogP contribution in [0.15, 0.2) is 23.3 Å². The van der Waals surface area contributed by atoms with Crippen LogP contribution in [0.4, 0.5) is 0 Å². The summed E-state index contributed by atoms with van der Waals surface area (Å²) in [5.41, 5.74) is -2.03. The SMILES string of the molecule is COC(=O)[C@]12CCC(C)(C)CC1C1C(=O)C=C3[C@@]4(C)C=C(C#N)C(=O)[C@@](C)(CO)[C@@H]4CC[C@@]3(C)[C@]1(C)CC2. The van der Waals surface area contributed by atoms with Gasteiger partial charge in [-0.15, -0.1) is 0 Å². The Bertz CT molecular complexity index is 1220. The molecule has 8 atom stereocenters. The molecule has 0 aromatic rings. The fourth-order valence-electron chi connectivity index (χ4n) is 10.2. The molecule has 3 fully saturated rings. The van der Waals surface area contributed by atoms with Crippen LogP contribution >= 0.6 is 0 Å². The summed E-state index contributed by atoms with van der Waals surface area (Å²) < 4.78 is 5.39. The predicted octanol–water partition coefficient (Wildman–Crippen LogP) is 5.35. The molecule has 0 saturated heterocycles. The monoisotopic (exact) mass is 521 g/mol. The van der Waals surface area contributed by atoms with Gasteiger partial charge in [0.05, 0.1) is 30.1 Å². The van der Waals surface area contributed by atoms with E-state index in [-0.39, 0.29) is 63.7 Å². The van der Waals surface area contributed by atoms with Crippen LogP contribution in [-0.2, 0) is 19.1 Å². The van der Waals surface area contributed by atoms with E-state index in [1.54, 1.807) is 13.0 Å². The van der Waals surface area contributed by atoms with Gasteiger partial charge in [-0.25, -0.2) is 0 Å². The molecule has 0 bridgehead atoms. The number of carbonyl (C=O) groups excluding carboxylic acids is 3. The van der Waals surface area contributed by atoms with E-state index in [4.69, 9.17) is 4.74 Å². The van der Waals surface area contributed by atoms with Gasteiger partial charge in [-0.2, -0.15) is 5.26 Å².